The molecule has 1 aromatic carbocycles. The number of nitrogens with one attached hydrogen (secondary N) is 1. The standard InChI is InChI=1S/C14H18FNO5/c1-2-7-20-9-13(17)16-8-12(14(18)19)21-11-5-3-10(15)4-6-11/h3-6,12H,2,7-9H2,1H3,(H,16,17)(H,18,19). The maximum atomic E-state index is 12.7. The van der Waals surface area contributed by atoms with E-state index < -0.39 is 23.8 Å². The predicted octanol–water partition coefficient (Wildman–Crippen LogP) is 1.20. The van der Waals surface area contributed by atoms with Gasteiger partial charge in [-0.05, 0) is 30.7 Å². The molecule has 0 aromatic heterocycles. The Labute approximate surface area is 121 Å². The van der Waals surface area contributed by atoms with Crippen molar-refractivity contribution in [3.63, 3.8) is 0 Å². The molecule has 0 fully saturated rings. The van der Waals surface area contributed by atoms with Gasteiger partial charge >= 0.3 is 5.97 Å². The number of rotatable bonds is 9. The zero-order valence-electron chi connectivity index (χ0n) is 11.7. The van der Waals surface area contributed by atoms with Gasteiger partial charge in [-0.1, -0.05) is 6.92 Å². The van der Waals surface area contributed by atoms with Crippen LogP contribution in [0.5, 0.6) is 5.75 Å². The third-order valence-corrected chi connectivity index (χ3v) is 2.43. The molecular weight excluding hydrogens is 281 g/mol. The highest BCUT2D eigenvalue weighted by Crippen LogP contribution is 2.13. The second-order valence-electron chi connectivity index (χ2n) is 4.26. The summed E-state index contributed by atoms with van der Waals surface area (Å²) in [6, 6.07) is 4.95. The summed E-state index contributed by atoms with van der Waals surface area (Å²) in [5.74, 6) is -1.89. The molecule has 2 N–H and O–H groups in total. The van der Waals surface area contributed by atoms with E-state index in [0.29, 0.717) is 6.61 Å². The average Bonchev–Trinajstić information content (AvgIpc) is 2.45. The smallest absolute Gasteiger partial charge is 0.346 e. The van der Waals surface area contributed by atoms with Crippen LogP contribution in [0, 0.1) is 5.82 Å². The highest BCUT2D eigenvalue weighted by atomic mass is 19.1. The first-order valence-electron chi connectivity index (χ1n) is 6.52. The Morgan fingerprint density at radius 2 is 2.00 bits per heavy atom. The summed E-state index contributed by atoms with van der Waals surface area (Å²) in [4.78, 5) is 22.5. The van der Waals surface area contributed by atoms with Crippen LogP contribution in [0.15, 0.2) is 24.3 Å². The van der Waals surface area contributed by atoms with E-state index in [-0.39, 0.29) is 18.9 Å². The summed E-state index contributed by atoms with van der Waals surface area (Å²) in [5.41, 5.74) is 0. The van der Waals surface area contributed by atoms with Crippen molar-refractivity contribution in [2.24, 2.45) is 0 Å². The van der Waals surface area contributed by atoms with Crippen molar-refractivity contribution in [1.29, 1.82) is 0 Å². The zero-order chi connectivity index (χ0) is 15.7. The number of carboxylic acid groups (broad SMARTS) is 1. The lowest BCUT2D eigenvalue weighted by Gasteiger charge is -2.15. The van der Waals surface area contributed by atoms with Crippen molar-refractivity contribution in [2.45, 2.75) is 19.4 Å². The van der Waals surface area contributed by atoms with Gasteiger partial charge in [0.05, 0.1) is 6.54 Å². The first kappa shape index (κ1) is 16.9. The maximum absolute atomic E-state index is 12.7. The molecule has 116 valence electrons. The molecule has 1 amide bonds. The number of benzene rings is 1. The lowest BCUT2D eigenvalue weighted by Crippen LogP contribution is -2.41. The minimum atomic E-state index is -1.26. The molecule has 0 aliphatic heterocycles. The Balaban J connectivity index is 2.45. The monoisotopic (exact) mass is 299 g/mol. The number of carbonyl (C=O) groups excluding carboxylic acids is 1. The SMILES string of the molecule is CCCOCC(=O)NCC(Oc1ccc(F)cc1)C(=O)O. The van der Waals surface area contributed by atoms with Crippen molar-refractivity contribution < 1.29 is 28.6 Å². The molecule has 21 heavy (non-hydrogen) atoms. The van der Waals surface area contributed by atoms with Crippen LogP contribution in [0.1, 0.15) is 13.3 Å². The van der Waals surface area contributed by atoms with Gasteiger partial charge in [0.25, 0.3) is 0 Å². The number of carboxylic acids is 1. The van der Waals surface area contributed by atoms with Crippen LogP contribution in [0.25, 0.3) is 0 Å². The highest BCUT2D eigenvalue weighted by molar-refractivity contribution is 5.79. The molecule has 1 aromatic rings. The number of aliphatic carboxylic acids is 1. The molecule has 0 aliphatic rings. The van der Waals surface area contributed by atoms with Crippen molar-refractivity contribution >= 4 is 11.9 Å². The quantitative estimate of drug-likeness (QED) is 0.669. The van der Waals surface area contributed by atoms with Crippen LogP contribution >= 0.6 is 0 Å². The van der Waals surface area contributed by atoms with Gasteiger partial charge in [-0.3, -0.25) is 4.79 Å². The third-order valence-electron chi connectivity index (χ3n) is 2.43. The minimum Gasteiger partial charge on any atom is -0.478 e. The number of hydrogen-bond acceptors (Lipinski definition) is 4. The molecule has 0 heterocycles. The molecule has 0 spiro atoms. The highest BCUT2D eigenvalue weighted by Gasteiger charge is 2.20. The first-order valence-corrected chi connectivity index (χ1v) is 6.52. The summed E-state index contributed by atoms with van der Waals surface area (Å²) < 4.78 is 23.0. The van der Waals surface area contributed by atoms with Crippen molar-refractivity contribution in [2.75, 3.05) is 19.8 Å². The average molecular weight is 299 g/mol. The van der Waals surface area contributed by atoms with Gasteiger partial charge < -0.3 is 19.9 Å². The molecule has 7 heteroatoms. The maximum Gasteiger partial charge on any atom is 0.346 e. The molecule has 0 radical (unpaired) electrons. The summed E-state index contributed by atoms with van der Waals surface area (Å²) >= 11 is 0. The first-order chi connectivity index (χ1) is 10.0. The molecular formula is C14H18FNO5. The summed E-state index contributed by atoms with van der Waals surface area (Å²) in [6.45, 7) is 2.04. The Morgan fingerprint density at radius 1 is 1.33 bits per heavy atom. The van der Waals surface area contributed by atoms with Crippen LogP contribution in [0.4, 0.5) is 4.39 Å². The zero-order valence-corrected chi connectivity index (χ0v) is 11.7. The van der Waals surface area contributed by atoms with Crippen molar-refractivity contribution in [1.82, 2.24) is 5.32 Å². The molecule has 0 saturated heterocycles. The van der Waals surface area contributed by atoms with Crippen molar-refractivity contribution in [3.8, 4) is 5.75 Å². The van der Waals surface area contributed by atoms with E-state index in [4.69, 9.17) is 14.6 Å². The fourth-order valence-electron chi connectivity index (χ4n) is 1.42. The molecule has 0 saturated carbocycles. The fourth-order valence-corrected chi connectivity index (χ4v) is 1.42. The molecule has 0 aliphatic carbocycles. The third kappa shape index (κ3) is 6.71. The molecule has 1 unspecified atom stereocenters. The summed E-state index contributed by atoms with van der Waals surface area (Å²) in [5, 5.41) is 11.4. The van der Waals surface area contributed by atoms with Gasteiger partial charge in [0.1, 0.15) is 18.2 Å². The fraction of sp³-hybridized carbons (Fsp3) is 0.429. The van der Waals surface area contributed by atoms with E-state index in [1.54, 1.807) is 0 Å². The van der Waals surface area contributed by atoms with Gasteiger partial charge in [-0.25, -0.2) is 9.18 Å². The van der Waals surface area contributed by atoms with Crippen molar-refractivity contribution in [3.05, 3.63) is 30.1 Å². The van der Waals surface area contributed by atoms with Gasteiger partial charge in [-0.2, -0.15) is 0 Å². The normalized spacial score (nSPS) is 11.7. The Kier molecular flexibility index (Phi) is 7.17. The van der Waals surface area contributed by atoms with Gasteiger partial charge in [-0.15, -0.1) is 0 Å². The largest absolute Gasteiger partial charge is 0.478 e. The van der Waals surface area contributed by atoms with E-state index in [1.807, 2.05) is 6.92 Å². The van der Waals surface area contributed by atoms with Crippen LogP contribution in [0.2, 0.25) is 0 Å². The van der Waals surface area contributed by atoms with Crippen LogP contribution in [-0.4, -0.2) is 42.8 Å². The van der Waals surface area contributed by atoms with Gasteiger partial charge in [0.15, 0.2) is 0 Å². The Bertz CT molecular complexity index is 463. The topological polar surface area (TPSA) is 84.9 Å². The Morgan fingerprint density at radius 3 is 2.57 bits per heavy atom. The molecule has 1 atom stereocenters. The summed E-state index contributed by atoms with van der Waals surface area (Å²) in [7, 11) is 0. The number of ether oxygens (including phenoxy) is 2. The number of carbonyl (C=O) groups is 2. The van der Waals surface area contributed by atoms with E-state index in [2.05, 4.69) is 5.32 Å². The second-order valence-corrected chi connectivity index (χ2v) is 4.26. The van der Waals surface area contributed by atoms with Gasteiger partial charge in [0, 0.05) is 6.61 Å². The number of halogens is 1. The van der Waals surface area contributed by atoms with Crippen LogP contribution in [-0.2, 0) is 14.3 Å². The molecule has 0 bridgehead atoms. The Hall–Kier alpha value is -2.15. The number of hydrogen-bond donors (Lipinski definition) is 2. The van der Waals surface area contributed by atoms with E-state index in [0.717, 1.165) is 18.6 Å². The van der Waals surface area contributed by atoms with Crippen LogP contribution in [0.3, 0.4) is 0 Å². The van der Waals surface area contributed by atoms with E-state index in [9.17, 15) is 14.0 Å². The predicted molar refractivity (Wildman–Crippen MR) is 72.6 cm³/mol. The van der Waals surface area contributed by atoms with Gasteiger partial charge in [0.2, 0.25) is 12.0 Å². The number of amides is 1. The summed E-state index contributed by atoms with van der Waals surface area (Å²) in [6.07, 6.45) is -0.468. The van der Waals surface area contributed by atoms with Crippen LogP contribution < -0.4 is 10.1 Å². The minimum absolute atomic E-state index is 0.128. The molecule has 1 rings (SSSR count). The second kappa shape index (κ2) is 8.91. The van der Waals surface area contributed by atoms with E-state index >= 15 is 0 Å². The van der Waals surface area contributed by atoms with E-state index in [1.165, 1.54) is 12.1 Å². The lowest BCUT2D eigenvalue weighted by molar-refractivity contribution is -0.145. The lowest BCUT2D eigenvalue weighted by atomic mass is 10.3. The molecule has 6 nitrogen and oxygen atoms in total.